The molecule has 2 atom stereocenters. The molecule has 0 fully saturated rings. The molecule has 0 amide bonds. The van der Waals surface area contributed by atoms with Crippen molar-refractivity contribution in [2.24, 2.45) is 5.10 Å². The third-order valence-electron chi connectivity index (χ3n) is 6.98. The molecular formula is C31H35ClN2O4. The summed E-state index contributed by atoms with van der Waals surface area (Å²) in [5, 5.41) is 7.80. The summed E-state index contributed by atoms with van der Waals surface area (Å²) < 4.78 is 23.9. The van der Waals surface area contributed by atoms with Gasteiger partial charge in [0.2, 0.25) is 6.23 Å². The molecule has 3 aromatic carbocycles. The molecule has 0 bridgehead atoms. The molecule has 5 rings (SSSR count). The molecule has 2 aliphatic heterocycles. The van der Waals surface area contributed by atoms with Crippen LogP contribution in [-0.4, -0.2) is 31.0 Å². The molecule has 0 unspecified atom stereocenters. The zero-order valence-electron chi connectivity index (χ0n) is 22.3. The number of rotatable bonds is 11. The van der Waals surface area contributed by atoms with Crippen LogP contribution in [0, 0.1) is 0 Å². The van der Waals surface area contributed by atoms with Crippen LogP contribution in [0.2, 0.25) is 5.02 Å². The number of ether oxygens (including phenoxy) is 4. The van der Waals surface area contributed by atoms with Crippen molar-refractivity contribution >= 4 is 17.3 Å². The van der Waals surface area contributed by atoms with E-state index in [4.69, 9.17) is 35.6 Å². The number of unbranched alkanes of at least 4 members (excludes halogenated alkanes) is 3. The first-order chi connectivity index (χ1) is 18.6. The van der Waals surface area contributed by atoms with Crippen molar-refractivity contribution in [3.63, 3.8) is 0 Å². The topological polar surface area (TPSA) is 52.5 Å². The van der Waals surface area contributed by atoms with Crippen LogP contribution in [0.4, 0.5) is 0 Å². The summed E-state index contributed by atoms with van der Waals surface area (Å²) >= 11 is 6.39. The van der Waals surface area contributed by atoms with Crippen LogP contribution in [0.25, 0.3) is 0 Å². The van der Waals surface area contributed by atoms with E-state index < -0.39 is 6.23 Å². The number of halogens is 1. The molecule has 0 N–H and O–H groups in total. The Kier molecular flexibility index (Phi) is 8.28. The quantitative estimate of drug-likeness (QED) is 0.234. The van der Waals surface area contributed by atoms with Gasteiger partial charge in [-0.25, -0.2) is 5.01 Å². The summed E-state index contributed by atoms with van der Waals surface area (Å²) in [6.45, 7) is 5.50. The predicted octanol–water partition coefficient (Wildman–Crippen LogP) is 7.95. The molecule has 2 aliphatic rings. The van der Waals surface area contributed by atoms with E-state index in [1.807, 2.05) is 60.5 Å². The van der Waals surface area contributed by atoms with Crippen LogP contribution < -0.4 is 18.9 Å². The maximum absolute atomic E-state index is 6.53. The smallest absolute Gasteiger partial charge is 0.214 e. The fourth-order valence-corrected chi connectivity index (χ4v) is 5.21. The number of hydrogen-bond donors (Lipinski definition) is 0. The zero-order chi connectivity index (χ0) is 26.5. The minimum Gasteiger partial charge on any atom is -0.494 e. The largest absolute Gasteiger partial charge is 0.494 e. The summed E-state index contributed by atoms with van der Waals surface area (Å²) in [6.07, 6.45) is 4.96. The molecule has 0 radical (unpaired) electrons. The Bertz CT molecular complexity index is 1280. The molecule has 6 nitrogen and oxygen atoms in total. The number of benzene rings is 3. The Balaban J connectivity index is 1.44. The molecule has 0 aromatic heterocycles. The fraction of sp³-hybridized carbons (Fsp3) is 0.387. The van der Waals surface area contributed by atoms with Crippen molar-refractivity contribution in [2.75, 3.05) is 20.3 Å². The Hall–Kier alpha value is -3.38. The first-order valence-electron chi connectivity index (χ1n) is 13.5. The summed E-state index contributed by atoms with van der Waals surface area (Å²) in [5.41, 5.74) is 4.05. The van der Waals surface area contributed by atoms with E-state index in [1.165, 1.54) is 19.3 Å². The molecule has 0 spiro atoms. The van der Waals surface area contributed by atoms with Crippen molar-refractivity contribution in [2.45, 2.75) is 58.2 Å². The van der Waals surface area contributed by atoms with Crippen molar-refractivity contribution in [1.29, 1.82) is 0 Å². The number of hydrazone groups is 1. The Morgan fingerprint density at radius 3 is 2.55 bits per heavy atom. The van der Waals surface area contributed by atoms with Gasteiger partial charge in [0, 0.05) is 22.6 Å². The Labute approximate surface area is 230 Å². The zero-order valence-corrected chi connectivity index (χ0v) is 23.0. The van der Waals surface area contributed by atoms with Crippen LogP contribution in [0.5, 0.6) is 23.0 Å². The van der Waals surface area contributed by atoms with Gasteiger partial charge in [-0.1, -0.05) is 37.8 Å². The monoisotopic (exact) mass is 534 g/mol. The van der Waals surface area contributed by atoms with Gasteiger partial charge < -0.3 is 18.9 Å². The molecule has 0 saturated carbocycles. The van der Waals surface area contributed by atoms with E-state index in [0.29, 0.717) is 24.0 Å². The lowest BCUT2D eigenvalue weighted by Gasteiger charge is -2.38. The molecule has 2 heterocycles. The first kappa shape index (κ1) is 26.2. The second-order valence-corrected chi connectivity index (χ2v) is 10.0. The summed E-state index contributed by atoms with van der Waals surface area (Å²) in [7, 11) is 1.67. The van der Waals surface area contributed by atoms with Gasteiger partial charge in [-0.05, 0) is 79.6 Å². The van der Waals surface area contributed by atoms with Gasteiger partial charge in [0.15, 0.2) is 11.5 Å². The lowest BCUT2D eigenvalue weighted by atomic mass is 9.96. The molecule has 7 heteroatoms. The normalized spacial score (nSPS) is 17.8. The molecule has 38 heavy (non-hydrogen) atoms. The maximum atomic E-state index is 6.53. The highest BCUT2D eigenvalue weighted by Crippen LogP contribution is 2.49. The van der Waals surface area contributed by atoms with Crippen LogP contribution in [0.1, 0.15) is 74.9 Å². The maximum Gasteiger partial charge on any atom is 0.214 e. The van der Waals surface area contributed by atoms with Crippen LogP contribution in [0.3, 0.4) is 0 Å². The van der Waals surface area contributed by atoms with E-state index in [1.54, 1.807) is 7.11 Å². The number of fused-ring (bicyclic) bond motifs is 3. The van der Waals surface area contributed by atoms with E-state index in [0.717, 1.165) is 52.5 Å². The van der Waals surface area contributed by atoms with Crippen molar-refractivity contribution in [1.82, 2.24) is 5.01 Å². The van der Waals surface area contributed by atoms with E-state index in [9.17, 15) is 0 Å². The highest BCUT2D eigenvalue weighted by Gasteiger charge is 2.41. The average Bonchev–Trinajstić information content (AvgIpc) is 3.39. The highest BCUT2D eigenvalue weighted by atomic mass is 35.5. The average molecular weight is 535 g/mol. The summed E-state index contributed by atoms with van der Waals surface area (Å²) in [5.74, 6) is 3.10. The lowest BCUT2D eigenvalue weighted by Crippen LogP contribution is -2.33. The molecule has 0 aliphatic carbocycles. The Morgan fingerprint density at radius 2 is 1.79 bits per heavy atom. The highest BCUT2D eigenvalue weighted by molar-refractivity contribution is 6.30. The number of methoxy groups -OCH3 is 1. The molecule has 0 saturated heterocycles. The van der Waals surface area contributed by atoms with E-state index in [-0.39, 0.29) is 6.04 Å². The number of nitrogens with zero attached hydrogens (tertiary/aromatic N) is 2. The third-order valence-corrected chi connectivity index (χ3v) is 7.21. The van der Waals surface area contributed by atoms with Gasteiger partial charge in [-0.2, -0.15) is 5.10 Å². The van der Waals surface area contributed by atoms with E-state index in [2.05, 4.69) is 19.1 Å². The van der Waals surface area contributed by atoms with Gasteiger partial charge >= 0.3 is 0 Å². The lowest BCUT2D eigenvalue weighted by molar-refractivity contribution is -0.0191. The van der Waals surface area contributed by atoms with Gasteiger partial charge in [0.25, 0.3) is 0 Å². The van der Waals surface area contributed by atoms with Gasteiger partial charge in [-0.3, -0.25) is 0 Å². The fourth-order valence-electron chi connectivity index (χ4n) is 5.03. The third kappa shape index (κ3) is 5.56. The second-order valence-electron chi connectivity index (χ2n) is 9.58. The minimum absolute atomic E-state index is 0.00417. The minimum atomic E-state index is -0.415. The second kappa shape index (κ2) is 12.0. The first-order valence-corrected chi connectivity index (χ1v) is 13.8. The molecular weight excluding hydrogens is 500 g/mol. The molecule has 3 aromatic rings. The van der Waals surface area contributed by atoms with Crippen LogP contribution in [-0.2, 0) is 0 Å². The van der Waals surface area contributed by atoms with Crippen molar-refractivity contribution in [3.8, 4) is 23.0 Å². The SMILES string of the molecule is CCCCCCOc1ccc([C@H]2Oc3ccc(Cl)cc3[C@@H]3CC(c4ccc(OCC)cc4)=NN23)cc1OC. The summed E-state index contributed by atoms with van der Waals surface area (Å²) in [6, 6.07) is 19.9. The number of hydrogen-bond acceptors (Lipinski definition) is 6. The van der Waals surface area contributed by atoms with Crippen LogP contribution >= 0.6 is 11.6 Å². The standard InChI is InChI=1S/C31H35ClN2O4/c1-4-6-7-8-17-37-29-15-11-22(18-30(29)35-3)31-34-27(25-19-23(32)12-16-28(25)38-31)20-26(33-34)21-9-13-24(14-10-21)36-5-2/h9-16,18-19,27,31H,4-8,17,20H2,1-3H3/t27-,31+/m0/s1. The van der Waals surface area contributed by atoms with Crippen molar-refractivity contribution in [3.05, 3.63) is 82.4 Å². The predicted molar refractivity (Wildman–Crippen MR) is 151 cm³/mol. The van der Waals surface area contributed by atoms with Crippen LogP contribution in [0.15, 0.2) is 65.8 Å². The Morgan fingerprint density at radius 1 is 0.947 bits per heavy atom. The van der Waals surface area contributed by atoms with Gasteiger partial charge in [-0.15, -0.1) is 0 Å². The van der Waals surface area contributed by atoms with Crippen molar-refractivity contribution < 1.29 is 18.9 Å². The molecule has 200 valence electrons. The van der Waals surface area contributed by atoms with E-state index >= 15 is 0 Å². The van der Waals surface area contributed by atoms with Gasteiger partial charge in [0.05, 0.1) is 32.1 Å². The summed E-state index contributed by atoms with van der Waals surface area (Å²) in [4.78, 5) is 0. The van der Waals surface area contributed by atoms with Gasteiger partial charge in [0.1, 0.15) is 11.5 Å².